The minimum Gasteiger partial charge on any atom is -0.325 e. The van der Waals surface area contributed by atoms with Gasteiger partial charge in [-0.15, -0.1) is 16.8 Å². The van der Waals surface area contributed by atoms with Gasteiger partial charge in [0.1, 0.15) is 5.82 Å². The van der Waals surface area contributed by atoms with E-state index in [9.17, 15) is 31.1 Å². The maximum absolute atomic E-state index is 12.9. The van der Waals surface area contributed by atoms with Crippen molar-refractivity contribution < 1.29 is 31.1 Å². The predicted molar refractivity (Wildman–Crippen MR) is 90.8 cm³/mol. The van der Waals surface area contributed by atoms with Crippen molar-refractivity contribution in [1.82, 2.24) is 14.8 Å². The Labute approximate surface area is 159 Å². The van der Waals surface area contributed by atoms with Crippen molar-refractivity contribution in [3.05, 3.63) is 47.8 Å². The number of allylic oxidation sites excluding steroid dienone is 1. The van der Waals surface area contributed by atoms with Gasteiger partial charge in [-0.3, -0.25) is 4.79 Å². The topological polar surface area (TPSA) is 59.8 Å². The summed E-state index contributed by atoms with van der Waals surface area (Å²) in [6.07, 6.45) is -8.40. The van der Waals surface area contributed by atoms with E-state index >= 15 is 0 Å². The van der Waals surface area contributed by atoms with Crippen molar-refractivity contribution in [2.24, 2.45) is 0 Å². The highest BCUT2D eigenvalue weighted by molar-refractivity contribution is 7.99. The summed E-state index contributed by atoms with van der Waals surface area (Å²) >= 11 is 0.940. The molecule has 12 heteroatoms. The van der Waals surface area contributed by atoms with Gasteiger partial charge in [-0.25, -0.2) is 0 Å². The molecule has 1 N–H and O–H groups in total. The molecule has 1 heterocycles. The first kappa shape index (κ1) is 21.8. The lowest BCUT2D eigenvalue weighted by Gasteiger charge is -2.14. The van der Waals surface area contributed by atoms with E-state index in [0.717, 1.165) is 11.8 Å². The second-order valence-electron chi connectivity index (χ2n) is 5.56. The van der Waals surface area contributed by atoms with Crippen LogP contribution in [0.2, 0.25) is 0 Å². The molecule has 0 bridgehead atoms. The number of anilines is 1. The van der Waals surface area contributed by atoms with Gasteiger partial charge < -0.3 is 9.88 Å². The highest BCUT2D eigenvalue weighted by atomic mass is 32.2. The van der Waals surface area contributed by atoms with Gasteiger partial charge in [-0.2, -0.15) is 26.3 Å². The molecule has 0 spiro atoms. The highest BCUT2D eigenvalue weighted by Crippen LogP contribution is 2.37. The fourth-order valence-corrected chi connectivity index (χ4v) is 2.96. The minimum atomic E-state index is -4.99. The third kappa shape index (κ3) is 5.50. The van der Waals surface area contributed by atoms with E-state index in [1.807, 2.05) is 0 Å². The monoisotopic (exact) mass is 424 g/mol. The Balaban J connectivity index is 2.16. The number of aromatic nitrogens is 3. The lowest BCUT2D eigenvalue weighted by Crippen LogP contribution is -2.17. The van der Waals surface area contributed by atoms with E-state index < -0.39 is 35.1 Å². The van der Waals surface area contributed by atoms with Crippen LogP contribution in [-0.2, 0) is 23.7 Å². The zero-order chi connectivity index (χ0) is 21.1. The van der Waals surface area contributed by atoms with Crippen molar-refractivity contribution in [3.8, 4) is 0 Å². The van der Waals surface area contributed by atoms with Crippen molar-refractivity contribution >= 4 is 23.4 Å². The fourth-order valence-electron chi connectivity index (χ4n) is 2.16. The Kier molecular flexibility index (Phi) is 6.42. The molecule has 0 unspecified atom stereocenters. The maximum atomic E-state index is 12.9. The molecule has 0 fully saturated rings. The normalized spacial score (nSPS) is 12.1. The highest BCUT2D eigenvalue weighted by Gasteiger charge is 2.37. The van der Waals surface area contributed by atoms with Crippen LogP contribution in [0.15, 0.2) is 36.0 Å². The summed E-state index contributed by atoms with van der Waals surface area (Å²) < 4.78 is 78.8. The standard InChI is InChI=1S/C16H14F6N4OS/c1-3-4-26-9(2)24-25-14(26)28-8-13(27)23-12-6-10(15(17,18)19)5-11(7-12)16(20,21)22/h3,5-7H,1,4,8H2,2H3,(H,23,27). The van der Waals surface area contributed by atoms with Gasteiger partial charge in [-0.05, 0) is 25.1 Å². The van der Waals surface area contributed by atoms with E-state index in [2.05, 4.69) is 22.1 Å². The third-order valence-corrected chi connectivity index (χ3v) is 4.38. The number of amides is 1. The summed E-state index contributed by atoms with van der Waals surface area (Å²) in [4.78, 5) is 12.0. The number of carbonyl (C=O) groups excluding carboxylic acids is 1. The van der Waals surface area contributed by atoms with Gasteiger partial charge in [0.15, 0.2) is 5.16 Å². The summed E-state index contributed by atoms with van der Waals surface area (Å²) in [5.74, 6) is -0.508. The molecule has 0 aliphatic carbocycles. The van der Waals surface area contributed by atoms with Crippen LogP contribution in [-0.4, -0.2) is 26.4 Å². The number of alkyl halides is 6. The maximum Gasteiger partial charge on any atom is 0.416 e. The van der Waals surface area contributed by atoms with Crippen LogP contribution in [0.3, 0.4) is 0 Å². The van der Waals surface area contributed by atoms with Crippen LogP contribution in [0.1, 0.15) is 17.0 Å². The number of nitrogens with zero attached hydrogens (tertiary/aromatic N) is 3. The number of nitrogens with one attached hydrogen (secondary N) is 1. The van der Waals surface area contributed by atoms with E-state index in [4.69, 9.17) is 0 Å². The Hall–Kier alpha value is -2.50. The van der Waals surface area contributed by atoms with Crippen molar-refractivity contribution in [2.45, 2.75) is 31.0 Å². The Morgan fingerprint density at radius 1 is 1.14 bits per heavy atom. The average Bonchev–Trinajstić information content (AvgIpc) is 2.92. The van der Waals surface area contributed by atoms with Gasteiger partial charge in [-0.1, -0.05) is 17.8 Å². The van der Waals surface area contributed by atoms with Crippen molar-refractivity contribution in [3.63, 3.8) is 0 Å². The molecule has 2 rings (SSSR count). The van der Waals surface area contributed by atoms with Crippen molar-refractivity contribution in [1.29, 1.82) is 0 Å². The fraction of sp³-hybridized carbons (Fsp3) is 0.312. The number of rotatable bonds is 6. The Morgan fingerprint density at radius 3 is 2.21 bits per heavy atom. The molecular formula is C16H14F6N4OS. The van der Waals surface area contributed by atoms with Crippen LogP contribution in [0.4, 0.5) is 32.0 Å². The van der Waals surface area contributed by atoms with Gasteiger partial charge in [0, 0.05) is 12.2 Å². The van der Waals surface area contributed by atoms with Gasteiger partial charge in [0.2, 0.25) is 5.91 Å². The summed E-state index contributed by atoms with van der Waals surface area (Å²) in [7, 11) is 0. The molecule has 5 nitrogen and oxygen atoms in total. The first-order valence-electron chi connectivity index (χ1n) is 7.64. The lowest BCUT2D eigenvalue weighted by atomic mass is 10.1. The predicted octanol–water partition coefficient (Wildman–Crippen LogP) is 4.54. The number of hydrogen-bond donors (Lipinski definition) is 1. The lowest BCUT2D eigenvalue weighted by molar-refractivity contribution is -0.143. The van der Waals surface area contributed by atoms with E-state index in [1.165, 1.54) is 0 Å². The molecule has 0 aliphatic heterocycles. The van der Waals surface area contributed by atoms with Gasteiger partial charge in [0.05, 0.1) is 16.9 Å². The zero-order valence-electron chi connectivity index (χ0n) is 14.4. The molecule has 0 atom stereocenters. The number of hydrogen-bond acceptors (Lipinski definition) is 4. The number of thioether (sulfide) groups is 1. The molecule has 1 amide bonds. The Bertz CT molecular complexity index is 843. The summed E-state index contributed by atoms with van der Waals surface area (Å²) in [5, 5.41) is 10.1. The van der Waals surface area contributed by atoms with Crippen LogP contribution < -0.4 is 5.32 Å². The smallest absolute Gasteiger partial charge is 0.325 e. The molecule has 152 valence electrons. The molecule has 0 radical (unpaired) electrons. The molecular weight excluding hydrogens is 410 g/mol. The average molecular weight is 424 g/mol. The number of carbonyl (C=O) groups is 1. The number of aryl methyl sites for hydroxylation is 1. The number of benzene rings is 1. The van der Waals surface area contributed by atoms with Gasteiger partial charge in [0.25, 0.3) is 0 Å². The zero-order valence-corrected chi connectivity index (χ0v) is 15.2. The SMILES string of the molecule is C=CCn1c(C)nnc1SCC(=O)Nc1cc(C(F)(F)F)cc(C(F)(F)F)c1. The first-order valence-corrected chi connectivity index (χ1v) is 8.63. The summed E-state index contributed by atoms with van der Waals surface area (Å²) in [6.45, 7) is 5.64. The van der Waals surface area contributed by atoms with E-state index in [-0.39, 0.29) is 11.8 Å². The minimum absolute atomic E-state index is 0.00899. The summed E-state index contributed by atoms with van der Waals surface area (Å²) in [5.41, 5.74) is -3.62. The molecule has 28 heavy (non-hydrogen) atoms. The second-order valence-corrected chi connectivity index (χ2v) is 6.50. The van der Waals surface area contributed by atoms with Crippen LogP contribution >= 0.6 is 11.8 Å². The Morgan fingerprint density at radius 2 is 1.71 bits per heavy atom. The number of halogens is 6. The van der Waals surface area contributed by atoms with Crippen molar-refractivity contribution in [2.75, 3.05) is 11.1 Å². The molecule has 1 aromatic carbocycles. The molecule has 1 aromatic heterocycles. The molecule has 0 aliphatic rings. The van der Waals surface area contributed by atoms with Crippen LogP contribution in [0.5, 0.6) is 0 Å². The van der Waals surface area contributed by atoms with Gasteiger partial charge >= 0.3 is 12.4 Å². The van der Waals surface area contributed by atoms with E-state index in [0.29, 0.717) is 29.7 Å². The second kappa shape index (κ2) is 8.25. The largest absolute Gasteiger partial charge is 0.416 e. The van der Waals surface area contributed by atoms with Crippen LogP contribution in [0, 0.1) is 6.92 Å². The summed E-state index contributed by atoms with van der Waals surface area (Å²) in [6, 6.07) is 0.884. The third-order valence-electron chi connectivity index (χ3n) is 3.42. The first-order chi connectivity index (χ1) is 12.9. The quantitative estimate of drug-likeness (QED) is 0.420. The molecule has 0 saturated heterocycles. The molecule has 0 saturated carbocycles. The molecule has 2 aromatic rings. The van der Waals surface area contributed by atoms with Crippen LogP contribution in [0.25, 0.3) is 0 Å². The van der Waals surface area contributed by atoms with E-state index in [1.54, 1.807) is 17.6 Å².